The van der Waals surface area contributed by atoms with Crippen molar-refractivity contribution in [2.75, 3.05) is 7.05 Å². The van der Waals surface area contributed by atoms with Crippen LogP contribution in [0.3, 0.4) is 0 Å². The number of nitrogens with zero attached hydrogens (tertiary/aromatic N) is 3. The maximum atomic E-state index is 11.9. The molecule has 4 nitrogen and oxygen atoms in total. The van der Waals surface area contributed by atoms with Crippen LogP contribution in [0.5, 0.6) is 0 Å². The Labute approximate surface area is 95.5 Å². The number of carbonyl (C=O) groups excluding carboxylic acids is 1. The third-order valence-corrected chi connectivity index (χ3v) is 2.30. The second-order valence-corrected chi connectivity index (χ2v) is 4.26. The Hall–Kier alpha value is -1.89. The molecular formula is C12H15N3O. The Morgan fingerprint density at radius 1 is 1.62 bits per heavy atom. The zero-order valence-electron chi connectivity index (χ0n) is 9.77. The molecule has 0 aliphatic carbocycles. The number of hydrogen-bond donors (Lipinski definition) is 0. The summed E-state index contributed by atoms with van der Waals surface area (Å²) < 4.78 is 0. The Morgan fingerprint density at radius 2 is 2.31 bits per heavy atom. The number of hydrogen-bond acceptors (Lipinski definition) is 3. The minimum absolute atomic E-state index is 0.182. The molecule has 0 N–H and O–H groups in total. The van der Waals surface area contributed by atoms with E-state index >= 15 is 0 Å². The lowest BCUT2D eigenvalue weighted by molar-refractivity contribution is -0.136. The first-order valence-corrected chi connectivity index (χ1v) is 5.03. The third kappa shape index (κ3) is 2.80. The average molecular weight is 217 g/mol. The number of amides is 1. The van der Waals surface area contributed by atoms with Crippen LogP contribution in [-0.4, -0.2) is 22.8 Å². The van der Waals surface area contributed by atoms with Crippen LogP contribution in [0.15, 0.2) is 24.5 Å². The number of pyridine rings is 1. The zero-order valence-corrected chi connectivity index (χ0v) is 9.77. The molecule has 0 aliphatic heterocycles. The van der Waals surface area contributed by atoms with Gasteiger partial charge in [0.25, 0.3) is 0 Å². The van der Waals surface area contributed by atoms with Gasteiger partial charge in [-0.25, -0.2) is 0 Å². The molecule has 16 heavy (non-hydrogen) atoms. The molecule has 0 radical (unpaired) electrons. The van der Waals surface area contributed by atoms with Crippen LogP contribution in [0.2, 0.25) is 0 Å². The first-order chi connectivity index (χ1) is 7.47. The van der Waals surface area contributed by atoms with Gasteiger partial charge in [0.15, 0.2) is 0 Å². The molecule has 0 atom stereocenters. The number of rotatable bonds is 3. The van der Waals surface area contributed by atoms with E-state index in [0.29, 0.717) is 6.54 Å². The van der Waals surface area contributed by atoms with Gasteiger partial charge in [0.2, 0.25) is 5.91 Å². The van der Waals surface area contributed by atoms with Crippen molar-refractivity contribution < 1.29 is 4.79 Å². The molecule has 0 spiro atoms. The SMILES string of the molecule is CN(Cc1cccnc1)C(=O)C(C)(C)C#N. The van der Waals surface area contributed by atoms with E-state index in [-0.39, 0.29) is 5.91 Å². The van der Waals surface area contributed by atoms with E-state index in [2.05, 4.69) is 4.98 Å². The molecule has 1 heterocycles. The molecule has 1 aromatic rings. The summed E-state index contributed by atoms with van der Waals surface area (Å²) in [6.45, 7) is 3.71. The second-order valence-electron chi connectivity index (χ2n) is 4.26. The molecule has 0 fully saturated rings. The maximum absolute atomic E-state index is 11.9. The predicted octanol–water partition coefficient (Wildman–Crippen LogP) is 1.59. The molecule has 0 saturated heterocycles. The highest BCUT2D eigenvalue weighted by Gasteiger charge is 2.30. The zero-order chi connectivity index (χ0) is 12.2. The summed E-state index contributed by atoms with van der Waals surface area (Å²) in [4.78, 5) is 17.4. The molecule has 0 saturated carbocycles. The van der Waals surface area contributed by atoms with Crippen LogP contribution in [0.1, 0.15) is 19.4 Å². The lowest BCUT2D eigenvalue weighted by atomic mass is 9.94. The Morgan fingerprint density at radius 3 is 2.81 bits per heavy atom. The fourth-order valence-electron chi connectivity index (χ4n) is 1.36. The number of carbonyl (C=O) groups is 1. The summed E-state index contributed by atoms with van der Waals surface area (Å²) in [6.07, 6.45) is 3.40. The first-order valence-electron chi connectivity index (χ1n) is 5.03. The van der Waals surface area contributed by atoms with E-state index < -0.39 is 5.41 Å². The summed E-state index contributed by atoms with van der Waals surface area (Å²) >= 11 is 0. The Balaban J connectivity index is 2.71. The second kappa shape index (κ2) is 4.75. The van der Waals surface area contributed by atoms with Gasteiger partial charge in [-0.2, -0.15) is 5.26 Å². The normalized spacial score (nSPS) is 10.6. The third-order valence-electron chi connectivity index (χ3n) is 2.30. The van der Waals surface area contributed by atoms with Crippen molar-refractivity contribution in [3.8, 4) is 6.07 Å². The van der Waals surface area contributed by atoms with E-state index in [4.69, 9.17) is 5.26 Å². The average Bonchev–Trinajstić information content (AvgIpc) is 2.29. The van der Waals surface area contributed by atoms with E-state index in [1.54, 1.807) is 38.2 Å². The van der Waals surface area contributed by atoms with Gasteiger partial charge in [0.05, 0.1) is 6.07 Å². The van der Waals surface area contributed by atoms with Gasteiger partial charge in [-0.1, -0.05) is 6.07 Å². The highest BCUT2D eigenvalue weighted by molar-refractivity contribution is 5.84. The van der Waals surface area contributed by atoms with E-state index in [0.717, 1.165) is 5.56 Å². The largest absolute Gasteiger partial charge is 0.340 e. The van der Waals surface area contributed by atoms with Crippen molar-refractivity contribution in [1.82, 2.24) is 9.88 Å². The highest BCUT2D eigenvalue weighted by atomic mass is 16.2. The predicted molar refractivity (Wildman–Crippen MR) is 60.1 cm³/mol. The molecule has 84 valence electrons. The van der Waals surface area contributed by atoms with Gasteiger partial charge in [-0.15, -0.1) is 0 Å². The van der Waals surface area contributed by atoms with Crippen LogP contribution >= 0.6 is 0 Å². The summed E-state index contributed by atoms with van der Waals surface area (Å²) in [7, 11) is 1.69. The quantitative estimate of drug-likeness (QED) is 0.772. The van der Waals surface area contributed by atoms with Gasteiger partial charge in [0, 0.05) is 26.0 Å². The van der Waals surface area contributed by atoms with Gasteiger partial charge < -0.3 is 4.90 Å². The molecule has 1 amide bonds. The maximum Gasteiger partial charge on any atom is 0.242 e. The number of aromatic nitrogens is 1. The summed E-state index contributed by atoms with van der Waals surface area (Å²) in [5.41, 5.74) is -0.0242. The van der Waals surface area contributed by atoms with Crippen LogP contribution in [-0.2, 0) is 11.3 Å². The van der Waals surface area contributed by atoms with Gasteiger partial charge in [0.1, 0.15) is 5.41 Å². The van der Waals surface area contributed by atoms with Crippen molar-refractivity contribution in [2.45, 2.75) is 20.4 Å². The molecule has 0 bridgehead atoms. The molecule has 0 aromatic carbocycles. The van der Waals surface area contributed by atoms with Crippen molar-refractivity contribution in [3.63, 3.8) is 0 Å². The molecule has 1 aromatic heterocycles. The summed E-state index contributed by atoms with van der Waals surface area (Å²) in [5, 5.41) is 8.87. The monoisotopic (exact) mass is 217 g/mol. The van der Waals surface area contributed by atoms with Crippen LogP contribution in [0, 0.1) is 16.7 Å². The van der Waals surface area contributed by atoms with Crippen molar-refractivity contribution in [2.24, 2.45) is 5.41 Å². The minimum atomic E-state index is -0.975. The van der Waals surface area contributed by atoms with E-state index in [1.165, 1.54) is 0 Å². The van der Waals surface area contributed by atoms with Crippen molar-refractivity contribution in [1.29, 1.82) is 5.26 Å². The van der Waals surface area contributed by atoms with Gasteiger partial charge in [-0.05, 0) is 25.5 Å². The van der Waals surface area contributed by atoms with Crippen LogP contribution in [0.4, 0.5) is 0 Å². The molecule has 0 unspecified atom stereocenters. The molecular weight excluding hydrogens is 202 g/mol. The Bertz CT molecular complexity index is 406. The highest BCUT2D eigenvalue weighted by Crippen LogP contribution is 2.17. The van der Waals surface area contributed by atoms with Gasteiger partial charge in [-0.3, -0.25) is 9.78 Å². The first kappa shape index (κ1) is 12.2. The summed E-state index contributed by atoms with van der Waals surface area (Å²) in [6, 6.07) is 5.72. The number of nitriles is 1. The van der Waals surface area contributed by atoms with Crippen molar-refractivity contribution in [3.05, 3.63) is 30.1 Å². The fraction of sp³-hybridized carbons (Fsp3) is 0.417. The lowest BCUT2D eigenvalue weighted by Crippen LogP contribution is -2.37. The lowest BCUT2D eigenvalue weighted by Gasteiger charge is -2.23. The van der Waals surface area contributed by atoms with Crippen LogP contribution < -0.4 is 0 Å². The van der Waals surface area contributed by atoms with E-state index in [1.807, 2.05) is 18.2 Å². The molecule has 1 rings (SSSR count). The Kier molecular flexibility index (Phi) is 3.62. The topological polar surface area (TPSA) is 57.0 Å². The smallest absolute Gasteiger partial charge is 0.242 e. The standard InChI is InChI=1S/C12H15N3O/c1-12(2,9-13)11(16)15(3)8-10-5-4-6-14-7-10/h4-7H,8H2,1-3H3. The minimum Gasteiger partial charge on any atom is -0.340 e. The molecule has 4 heteroatoms. The van der Waals surface area contributed by atoms with Gasteiger partial charge >= 0.3 is 0 Å². The molecule has 0 aliphatic rings. The van der Waals surface area contributed by atoms with Crippen molar-refractivity contribution >= 4 is 5.91 Å². The fourth-order valence-corrected chi connectivity index (χ4v) is 1.36. The van der Waals surface area contributed by atoms with Crippen LogP contribution in [0.25, 0.3) is 0 Å². The van der Waals surface area contributed by atoms with E-state index in [9.17, 15) is 4.79 Å². The summed E-state index contributed by atoms with van der Waals surface area (Å²) in [5.74, 6) is -0.182.